The highest BCUT2D eigenvalue weighted by Crippen LogP contribution is 2.23. The summed E-state index contributed by atoms with van der Waals surface area (Å²) in [4.78, 5) is 25.1. The summed E-state index contributed by atoms with van der Waals surface area (Å²) in [6.07, 6.45) is -0.703. The Morgan fingerprint density at radius 1 is 1.58 bits per heavy atom. The van der Waals surface area contributed by atoms with Crippen LogP contribution in [0.2, 0.25) is 0 Å². The van der Waals surface area contributed by atoms with Crippen LogP contribution in [0.15, 0.2) is 15.9 Å². The second-order valence-corrected chi connectivity index (χ2v) is 6.10. The van der Waals surface area contributed by atoms with Crippen molar-refractivity contribution in [3.63, 3.8) is 0 Å². The number of hydrogen-bond donors (Lipinski definition) is 3. The molecule has 0 aromatic carbocycles. The van der Waals surface area contributed by atoms with Gasteiger partial charge in [-0.25, -0.2) is 9.59 Å². The van der Waals surface area contributed by atoms with Gasteiger partial charge in [0.15, 0.2) is 0 Å². The van der Waals surface area contributed by atoms with Gasteiger partial charge in [0.25, 0.3) is 0 Å². The molecular formula is C11H13BrN2O4S. The van der Waals surface area contributed by atoms with E-state index in [0.29, 0.717) is 6.54 Å². The van der Waals surface area contributed by atoms with E-state index in [1.54, 1.807) is 0 Å². The van der Waals surface area contributed by atoms with Crippen LogP contribution in [0.3, 0.4) is 0 Å². The number of aliphatic hydroxyl groups excluding tert-OH is 1. The highest BCUT2D eigenvalue weighted by molar-refractivity contribution is 9.10. The molecule has 104 valence electrons. The third-order valence-corrected chi connectivity index (χ3v) is 4.84. The van der Waals surface area contributed by atoms with Crippen molar-refractivity contribution in [3.8, 4) is 0 Å². The van der Waals surface area contributed by atoms with Gasteiger partial charge in [0.2, 0.25) is 0 Å². The molecule has 1 aliphatic rings. The summed E-state index contributed by atoms with van der Waals surface area (Å²) in [6.45, 7) is 0.379. The van der Waals surface area contributed by atoms with Crippen LogP contribution in [0.25, 0.3) is 0 Å². The summed E-state index contributed by atoms with van der Waals surface area (Å²) in [5, 5.41) is 23.0. The number of rotatable bonds is 3. The first-order valence-corrected chi connectivity index (χ1v) is 7.33. The maximum absolute atomic E-state index is 11.9. The summed E-state index contributed by atoms with van der Waals surface area (Å²) in [5.41, 5.74) is 0. The lowest BCUT2D eigenvalue weighted by molar-refractivity contribution is -0.141. The molecule has 3 N–H and O–H groups in total. The van der Waals surface area contributed by atoms with Crippen molar-refractivity contribution >= 4 is 39.3 Å². The summed E-state index contributed by atoms with van der Waals surface area (Å²) >= 11 is 4.85. The molecule has 1 aliphatic heterocycles. The Bertz CT molecular complexity index is 493. The van der Waals surface area contributed by atoms with E-state index in [9.17, 15) is 14.7 Å². The number of aliphatic carboxylic acids is 1. The molecule has 6 nitrogen and oxygen atoms in total. The molecule has 0 aliphatic carbocycles. The molecule has 0 radical (unpaired) electrons. The molecule has 0 spiro atoms. The molecule has 2 atom stereocenters. The Balaban J connectivity index is 1.96. The van der Waals surface area contributed by atoms with E-state index >= 15 is 0 Å². The van der Waals surface area contributed by atoms with E-state index in [2.05, 4.69) is 21.2 Å². The highest BCUT2D eigenvalue weighted by Gasteiger charge is 2.38. The Labute approximate surface area is 122 Å². The molecule has 0 bridgehead atoms. The van der Waals surface area contributed by atoms with Gasteiger partial charge in [0.1, 0.15) is 6.04 Å². The van der Waals surface area contributed by atoms with Gasteiger partial charge in [-0.15, -0.1) is 11.3 Å². The molecule has 19 heavy (non-hydrogen) atoms. The van der Waals surface area contributed by atoms with Crippen LogP contribution >= 0.6 is 27.3 Å². The average molecular weight is 349 g/mol. The normalized spacial score (nSPS) is 22.5. The van der Waals surface area contributed by atoms with Crippen molar-refractivity contribution in [2.24, 2.45) is 0 Å². The summed E-state index contributed by atoms with van der Waals surface area (Å²) in [5.74, 6) is -1.09. The first-order valence-electron chi connectivity index (χ1n) is 5.66. The quantitative estimate of drug-likeness (QED) is 0.766. The average Bonchev–Trinajstić information content (AvgIpc) is 2.92. The molecule has 1 saturated heterocycles. The van der Waals surface area contributed by atoms with Gasteiger partial charge >= 0.3 is 12.0 Å². The van der Waals surface area contributed by atoms with Gasteiger partial charge in [-0.3, -0.25) is 0 Å². The molecule has 0 unspecified atom stereocenters. The Kier molecular flexibility index (Phi) is 4.43. The fourth-order valence-corrected chi connectivity index (χ4v) is 3.41. The summed E-state index contributed by atoms with van der Waals surface area (Å²) in [6, 6.07) is 0.456. The van der Waals surface area contributed by atoms with Crippen LogP contribution in [0.5, 0.6) is 0 Å². The van der Waals surface area contributed by atoms with E-state index in [-0.39, 0.29) is 13.0 Å². The standard InChI is InChI=1S/C11H13BrN2O4S/c12-7-1-2-19-9(7)4-13-11(18)14-5-6(15)3-8(14)10(16)17/h1-2,6,8,15H,3-5H2,(H,13,18)(H,16,17)/t6-,8+/m1/s1. The molecule has 0 saturated carbocycles. The topological polar surface area (TPSA) is 89.9 Å². The number of carbonyl (C=O) groups excluding carboxylic acids is 1. The zero-order valence-electron chi connectivity index (χ0n) is 9.88. The molecule has 1 aromatic heterocycles. The van der Waals surface area contributed by atoms with Crippen LogP contribution in [0.1, 0.15) is 11.3 Å². The summed E-state index contributed by atoms with van der Waals surface area (Å²) < 4.78 is 0.911. The zero-order chi connectivity index (χ0) is 14.0. The Hall–Kier alpha value is -1.12. The van der Waals surface area contributed by atoms with Crippen LogP contribution in [-0.2, 0) is 11.3 Å². The van der Waals surface area contributed by atoms with Crippen molar-refractivity contribution in [3.05, 3.63) is 20.8 Å². The molecule has 8 heteroatoms. The van der Waals surface area contributed by atoms with Crippen LogP contribution in [-0.4, -0.2) is 45.8 Å². The van der Waals surface area contributed by atoms with Crippen LogP contribution in [0.4, 0.5) is 4.79 Å². The second-order valence-electron chi connectivity index (χ2n) is 4.25. The minimum absolute atomic E-state index is 0.0500. The molecular weight excluding hydrogens is 336 g/mol. The number of β-amino-alcohol motifs (C(OH)–C–C–N with tert-alkyl or cyclic N) is 1. The number of carboxylic acids is 1. The predicted molar refractivity (Wildman–Crippen MR) is 73.0 cm³/mol. The van der Waals surface area contributed by atoms with Gasteiger partial charge in [-0.1, -0.05) is 0 Å². The maximum Gasteiger partial charge on any atom is 0.326 e. The van der Waals surface area contributed by atoms with Crippen molar-refractivity contribution in [2.75, 3.05) is 6.54 Å². The van der Waals surface area contributed by atoms with Gasteiger partial charge in [-0.2, -0.15) is 0 Å². The van der Waals surface area contributed by atoms with Gasteiger partial charge < -0.3 is 20.4 Å². The summed E-state index contributed by atoms with van der Waals surface area (Å²) in [7, 11) is 0. The molecule has 2 amide bonds. The molecule has 2 heterocycles. The molecule has 2 rings (SSSR count). The molecule has 1 fully saturated rings. The molecule has 1 aromatic rings. The minimum atomic E-state index is -1.09. The minimum Gasteiger partial charge on any atom is -0.480 e. The number of aliphatic hydroxyl groups is 1. The van der Waals surface area contributed by atoms with Gasteiger partial charge in [0.05, 0.1) is 12.6 Å². The number of halogens is 1. The van der Waals surface area contributed by atoms with E-state index in [4.69, 9.17) is 5.11 Å². The number of carboxylic acid groups (broad SMARTS) is 1. The predicted octanol–water partition coefficient (Wildman–Crippen LogP) is 1.24. The third-order valence-electron chi connectivity index (χ3n) is 2.92. The largest absolute Gasteiger partial charge is 0.480 e. The van der Waals surface area contributed by atoms with Crippen LogP contribution in [0, 0.1) is 0 Å². The Morgan fingerprint density at radius 2 is 2.32 bits per heavy atom. The number of hydrogen-bond acceptors (Lipinski definition) is 4. The van der Waals surface area contributed by atoms with Crippen molar-refractivity contribution in [1.82, 2.24) is 10.2 Å². The fraction of sp³-hybridized carbons (Fsp3) is 0.455. The monoisotopic (exact) mass is 348 g/mol. The lowest BCUT2D eigenvalue weighted by Crippen LogP contribution is -2.45. The Morgan fingerprint density at radius 3 is 2.89 bits per heavy atom. The highest BCUT2D eigenvalue weighted by atomic mass is 79.9. The van der Waals surface area contributed by atoms with E-state index in [1.165, 1.54) is 11.3 Å². The number of nitrogens with one attached hydrogen (secondary N) is 1. The number of urea groups is 1. The van der Waals surface area contributed by atoms with Crippen molar-refractivity contribution in [2.45, 2.75) is 25.1 Å². The van der Waals surface area contributed by atoms with Crippen molar-refractivity contribution < 1.29 is 19.8 Å². The fourth-order valence-electron chi connectivity index (χ4n) is 1.98. The number of likely N-dealkylation sites (tertiary alicyclic amines) is 1. The third kappa shape index (κ3) is 3.26. The maximum atomic E-state index is 11.9. The number of carbonyl (C=O) groups is 2. The number of nitrogens with zero attached hydrogens (tertiary/aromatic N) is 1. The van der Waals surface area contributed by atoms with E-state index < -0.39 is 24.1 Å². The zero-order valence-corrected chi connectivity index (χ0v) is 12.3. The lowest BCUT2D eigenvalue weighted by atomic mass is 10.2. The SMILES string of the molecule is O=C(O)[C@@H]1C[C@@H](O)CN1C(=O)NCc1sccc1Br. The first-order chi connectivity index (χ1) is 8.99. The van der Waals surface area contributed by atoms with E-state index in [1.807, 2.05) is 11.4 Å². The second kappa shape index (κ2) is 5.89. The van der Waals surface area contributed by atoms with Gasteiger partial charge in [0, 0.05) is 22.3 Å². The number of amides is 2. The lowest BCUT2D eigenvalue weighted by Gasteiger charge is -2.21. The van der Waals surface area contributed by atoms with Crippen molar-refractivity contribution in [1.29, 1.82) is 0 Å². The van der Waals surface area contributed by atoms with E-state index in [0.717, 1.165) is 14.2 Å². The number of thiophene rings is 1. The first kappa shape index (κ1) is 14.3. The smallest absolute Gasteiger partial charge is 0.326 e. The van der Waals surface area contributed by atoms with Crippen LogP contribution < -0.4 is 5.32 Å². The van der Waals surface area contributed by atoms with Gasteiger partial charge in [-0.05, 0) is 27.4 Å².